The van der Waals surface area contributed by atoms with E-state index in [1.165, 1.54) is 4.88 Å². The highest BCUT2D eigenvalue weighted by Crippen LogP contribution is 2.46. The number of esters is 1. The molecule has 2 N–H and O–H groups in total. The molecule has 2 aromatic rings. The third-order valence-electron chi connectivity index (χ3n) is 5.86. The van der Waals surface area contributed by atoms with Gasteiger partial charge < -0.3 is 15.2 Å². The molecule has 1 aliphatic heterocycles. The summed E-state index contributed by atoms with van der Waals surface area (Å²) < 4.78 is 5.58. The second kappa shape index (κ2) is 9.96. The molecule has 5 nitrogen and oxygen atoms in total. The topological polar surface area (TPSA) is 75.6 Å². The molecule has 0 saturated heterocycles. The summed E-state index contributed by atoms with van der Waals surface area (Å²) in [6.45, 7) is 4.24. The Kier molecular flexibility index (Phi) is 7.06. The molecule has 2 atom stereocenters. The number of phenols is 1. The number of dihydropyridines is 1. The molecule has 0 amide bonds. The number of ether oxygens (including phenoxy) is 1. The van der Waals surface area contributed by atoms with Crippen LogP contribution in [0.25, 0.3) is 0 Å². The Morgan fingerprint density at radius 2 is 2.12 bits per heavy atom. The third-order valence-corrected chi connectivity index (χ3v) is 7.76. The molecule has 0 spiro atoms. The Morgan fingerprint density at radius 1 is 1.28 bits per heavy atom. The smallest absolute Gasteiger partial charge is 0.336 e. The normalized spacial score (nSPS) is 20.8. The SMILES string of the molecule is CCSCCOC(=O)C1=C(C)NC2=C(C(=O)C[C@@H](c3cccs3)C2)[C@@H]1c1cccc(O)c1. The van der Waals surface area contributed by atoms with Gasteiger partial charge >= 0.3 is 5.97 Å². The molecular weight excluding hydrogens is 442 g/mol. The number of aromatic hydroxyl groups is 1. The first-order chi connectivity index (χ1) is 15.5. The fraction of sp³-hybridized carbons (Fsp3) is 0.360. The van der Waals surface area contributed by atoms with Gasteiger partial charge in [-0.1, -0.05) is 25.1 Å². The van der Waals surface area contributed by atoms with Crippen molar-refractivity contribution in [2.24, 2.45) is 0 Å². The predicted octanol–water partition coefficient (Wildman–Crippen LogP) is 5.11. The maximum atomic E-state index is 13.4. The van der Waals surface area contributed by atoms with Crippen LogP contribution in [0.1, 0.15) is 49.0 Å². The minimum atomic E-state index is -0.554. The maximum Gasteiger partial charge on any atom is 0.336 e. The van der Waals surface area contributed by atoms with Gasteiger partial charge in [0.2, 0.25) is 0 Å². The molecule has 0 unspecified atom stereocenters. The van der Waals surface area contributed by atoms with Crippen LogP contribution >= 0.6 is 23.1 Å². The first-order valence-electron chi connectivity index (χ1n) is 10.8. The molecule has 32 heavy (non-hydrogen) atoms. The summed E-state index contributed by atoms with van der Waals surface area (Å²) in [5.41, 5.74) is 3.34. The van der Waals surface area contributed by atoms with Crippen molar-refractivity contribution in [2.75, 3.05) is 18.1 Å². The monoisotopic (exact) mass is 469 g/mol. The number of carbonyl (C=O) groups excluding carboxylic acids is 2. The van der Waals surface area contributed by atoms with Crippen molar-refractivity contribution in [3.05, 3.63) is 74.8 Å². The number of thiophene rings is 1. The minimum absolute atomic E-state index is 0.0323. The van der Waals surface area contributed by atoms with Crippen LogP contribution in [0.4, 0.5) is 0 Å². The number of rotatable bonds is 7. The van der Waals surface area contributed by atoms with Crippen LogP contribution < -0.4 is 5.32 Å². The Bertz CT molecular complexity index is 1070. The highest BCUT2D eigenvalue weighted by molar-refractivity contribution is 7.99. The van der Waals surface area contributed by atoms with Gasteiger partial charge in [-0.05, 0) is 48.2 Å². The van der Waals surface area contributed by atoms with E-state index in [0.717, 1.165) is 22.8 Å². The van der Waals surface area contributed by atoms with E-state index in [1.807, 2.05) is 24.4 Å². The van der Waals surface area contributed by atoms with Crippen LogP contribution in [0.2, 0.25) is 0 Å². The van der Waals surface area contributed by atoms with Crippen molar-refractivity contribution >= 4 is 34.9 Å². The molecule has 0 fully saturated rings. The summed E-state index contributed by atoms with van der Waals surface area (Å²) in [6.07, 6.45) is 1.12. The number of benzene rings is 1. The zero-order valence-corrected chi connectivity index (χ0v) is 19.9. The predicted molar refractivity (Wildman–Crippen MR) is 129 cm³/mol. The first-order valence-corrected chi connectivity index (χ1v) is 12.8. The second-order valence-corrected chi connectivity index (χ2v) is 10.3. The standard InChI is InChI=1S/C25H27NO4S2/c1-3-31-11-9-30-25(29)22-15(2)26-19-13-17(21-8-5-10-32-21)14-20(28)24(19)23(22)16-6-4-7-18(27)12-16/h4-8,10,12,17,23,26-27H,3,9,11,13-14H2,1-2H3/t17-,23+/m0/s1. The van der Waals surface area contributed by atoms with E-state index in [1.54, 1.807) is 41.3 Å². The molecule has 0 saturated carbocycles. The van der Waals surface area contributed by atoms with Crippen molar-refractivity contribution in [1.29, 1.82) is 0 Å². The highest BCUT2D eigenvalue weighted by atomic mass is 32.2. The summed E-state index contributed by atoms with van der Waals surface area (Å²) in [5, 5.41) is 15.5. The van der Waals surface area contributed by atoms with Crippen LogP contribution in [0, 0.1) is 0 Å². The summed E-state index contributed by atoms with van der Waals surface area (Å²) in [4.78, 5) is 27.8. The van der Waals surface area contributed by atoms with Gasteiger partial charge in [-0.25, -0.2) is 4.79 Å². The second-order valence-electron chi connectivity index (χ2n) is 7.96. The number of hydrogen-bond donors (Lipinski definition) is 2. The number of nitrogens with one attached hydrogen (secondary N) is 1. The van der Waals surface area contributed by atoms with Gasteiger partial charge in [-0.15, -0.1) is 11.3 Å². The highest BCUT2D eigenvalue weighted by Gasteiger charge is 2.41. The lowest BCUT2D eigenvalue weighted by Crippen LogP contribution is -2.36. The van der Waals surface area contributed by atoms with Gasteiger partial charge in [0, 0.05) is 45.9 Å². The fourth-order valence-electron chi connectivity index (χ4n) is 4.49. The van der Waals surface area contributed by atoms with Crippen LogP contribution in [-0.4, -0.2) is 35.0 Å². The lowest BCUT2D eigenvalue weighted by molar-refractivity contribution is -0.138. The van der Waals surface area contributed by atoms with Crippen molar-refractivity contribution in [3.63, 3.8) is 0 Å². The molecule has 168 valence electrons. The Labute approximate surface area is 196 Å². The number of ketones is 1. The Balaban J connectivity index is 1.71. The summed E-state index contributed by atoms with van der Waals surface area (Å²) in [6, 6.07) is 10.9. The number of allylic oxidation sites excluding steroid dienone is 3. The third kappa shape index (κ3) is 4.64. The van der Waals surface area contributed by atoms with E-state index in [9.17, 15) is 14.7 Å². The largest absolute Gasteiger partial charge is 0.508 e. The van der Waals surface area contributed by atoms with Gasteiger partial charge in [0.1, 0.15) is 12.4 Å². The van der Waals surface area contributed by atoms with Crippen molar-refractivity contribution in [2.45, 2.75) is 38.5 Å². The number of thioether (sulfide) groups is 1. The van der Waals surface area contributed by atoms with Gasteiger partial charge in [0.15, 0.2) is 5.78 Å². The Morgan fingerprint density at radius 3 is 2.84 bits per heavy atom. The van der Waals surface area contributed by atoms with Crippen LogP contribution in [0.3, 0.4) is 0 Å². The Hall–Kier alpha value is -2.51. The van der Waals surface area contributed by atoms with Crippen LogP contribution in [-0.2, 0) is 14.3 Å². The van der Waals surface area contributed by atoms with Crippen molar-refractivity contribution in [3.8, 4) is 5.75 Å². The average molecular weight is 470 g/mol. The van der Waals surface area contributed by atoms with E-state index in [2.05, 4.69) is 18.3 Å². The number of hydrogen-bond acceptors (Lipinski definition) is 7. The van der Waals surface area contributed by atoms with Gasteiger partial charge in [-0.3, -0.25) is 4.79 Å². The lowest BCUT2D eigenvalue weighted by Gasteiger charge is -2.36. The zero-order chi connectivity index (χ0) is 22.7. The van der Waals surface area contributed by atoms with Crippen molar-refractivity contribution < 1.29 is 19.4 Å². The van der Waals surface area contributed by atoms with Crippen LogP contribution in [0.15, 0.2) is 64.3 Å². The van der Waals surface area contributed by atoms with E-state index in [0.29, 0.717) is 36.3 Å². The summed E-state index contributed by atoms with van der Waals surface area (Å²) >= 11 is 3.38. The molecule has 4 rings (SSSR count). The molecule has 0 bridgehead atoms. The van der Waals surface area contributed by atoms with E-state index in [-0.39, 0.29) is 17.5 Å². The number of Topliss-reactive ketones (excluding diaryl/α,β-unsaturated/α-hetero) is 1. The summed E-state index contributed by atoms with van der Waals surface area (Å²) in [7, 11) is 0. The van der Waals surface area contributed by atoms with Gasteiger partial charge in [0.25, 0.3) is 0 Å². The number of carbonyl (C=O) groups is 2. The first kappa shape index (κ1) is 22.7. The van der Waals surface area contributed by atoms with E-state index in [4.69, 9.17) is 4.74 Å². The summed E-state index contributed by atoms with van der Waals surface area (Å²) in [5.74, 6) is 0.987. The fourth-order valence-corrected chi connectivity index (χ4v) is 5.81. The quantitative estimate of drug-likeness (QED) is 0.433. The molecule has 2 heterocycles. The van der Waals surface area contributed by atoms with Gasteiger partial charge in [-0.2, -0.15) is 11.8 Å². The molecule has 1 aromatic heterocycles. The van der Waals surface area contributed by atoms with E-state index < -0.39 is 11.9 Å². The lowest BCUT2D eigenvalue weighted by atomic mass is 9.72. The minimum Gasteiger partial charge on any atom is -0.508 e. The maximum absolute atomic E-state index is 13.4. The zero-order valence-electron chi connectivity index (χ0n) is 18.2. The molecule has 1 aliphatic carbocycles. The molecule has 1 aromatic carbocycles. The van der Waals surface area contributed by atoms with Crippen molar-refractivity contribution in [1.82, 2.24) is 5.32 Å². The number of phenolic OH excluding ortho intramolecular Hbond substituents is 1. The molecular formula is C25H27NO4S2. The van der Waals surface area contributed by atoms with Crippen LogP contribution in [0.5, 0.6) is 5.75 Å². The molecule has 0 radical (unpaired) electrons. The molecule has 7 heteroatoms. The molecule has 2 aliphatic rings. The van der Waals surface area contributed by atoms with E-state index >= 15 is 0 Å². The average Bonchev–Trinajstić information content (AvgIpc) is 3.30. The van der Waals surface area contributed by atoms with Gasteiger partial charge in [0.05, 0.1) is 5.57 Å².